The van der Waals surface area contributed by atoms with Crippen molar-refractivity contribution in [2.75, 3.05) is 162 Å². The molecule has 144 heavy (non-hydrogen) atoms. The highest BCUT2D eigenvalue weighted by molar-refractivity contribution is 7.89. The molecule has 5 aliphatic heterocycles. The van der Waals surface area contributed by atoms with Crippen molar-refractivity contribution in [1.29, 1.82) is 0 Å². The lowest BCUT2D eigenvalue weighted by atomic mass is 10.2. The molecular weight excluding hydrogens is 2030 g/mol. The maximum absolute atomic E-state index is 13.0. The van der Waals surface area contributed by atoms with Gasteiger partial charge in [0.2, 0.25) is 52.4 Å². The van der Waals surface area contributed by atoms with Crippen LogP contribution in [-0.4, -0.2) is 323 Å². The molecule has 2 amide bonds. The summed E-state index contributed by atoms with van der Waals surface area (Å²) in [6, 6.07) is 0. The average Bonchev–Trinajstić information content (AvgIpc) is 1.59. The third kappa shape index (κ3) is 23.3. The monoisotopic (exact) mass is 2110 g/mol. The first-order valence-electron chi connectivity index (χ1n) is 43.2. The molecule has 0 spiro atoms. The summed E-state index contributed by atoms with van der Waals surface area (Å²) in [6.07, 6.45) is 17.6. The number of fused-ring (bicyclic) bond motifs is 5. The second kappa shape index (κ2) is 43.0. The number of morpholine rings is 4. The summed E-state index contributed by atoms with van der Waals surface area (Å²) >= 11 is 4.76. The van der Waals surface area contributed by atoms with Crippen molar-refractivity contribution in [3.63, 3.8) is 0 Å². The molecule has 2 unspecified atom stereocenters. The first-order chi connectivity index (χ1) is 69.2. The van der Waals surface area contributed by atoms with Crippen LogP contribution in [0.1, 0.15) is 82.8 Å². The fourth-order valence-corrected chi connectivity index (χ4v) is 19.1. The zero-order chi connectivity index (χ0) is 101. The highest BCUT2D eigenvalue weighted by Gasteiger charge is 2.36. The fourth-order valence-electron chi connectivity index (χ4n) is 15.2. The van der Waals surface area contributed by atoms with Crippen LogP contribution in [-0.2, 0) is 50.0 Å². The van der Waals surface area contributed by atoms with E-state index in [4.69, 9.17) is 34.4 Å². The Morgan fingerprint density at radius 1 is 0.451 bits per heavy atom. The minimum Gasteiger partial charge on any atom is -0.493 e. The Hall–Kier alpha value is -14.4. The van der Waals surface area contributed by atoms with Gasteiger partial charge in [-0.1, -0.05) is 0 Å². The van der Waals surface area contributed by atoms with E-state index in [9.17, 15) is 65.9 Å². The number of hydrogen-bond acceptors (Lipinski definition) is 42. The number of nitrogens with one attached hydrogen (secondary N) is 4. The third-order valence-corrected chi connectivity index (χ3v) is 27.0. The second-order valence-electron chi connectivity index (χ2n) is 32.1. The van der Waals surface area contributed by atoms with Crippen molar-refractivity contribution in [3.8, 4) is 63.2 Å². The molecule has 17 aromatic rings. The number of alkyl halides is 9. The van der Waals surface area contributed by atoms with E-state index in [0.717, 1.165) is 64.2 Å². The minimum absolute atomic E-state index is 0.0607. The van der Waals surface area contributed by atoms with Gasteiger partial charge in [0.25, 0.3) is 25.2 Å². The number of aromatic nitrogens is 29. The Kier molecular flexibility index (Phi) is 29.8. The molecule has 22 heterocycles. The number of methoxy groups -OCH3 is 1. The van der Waals surface area contributed by atoms with E-state index >= 15 is 0 Å². The number of H-pyrrole nitrogens is 2. The number of amides is 2. The van der Waals surface area contributed by atoms with Crippen LogP contribution in [0.25, 0.3) is 85.7 Å². The maximum atomic E-state index is 13.0. The smallest absolute Gasteiger partial charge is 0.434 e. The number of imidazole rings is 5. The number of aromatic amines is 2. The zero-order valence-electron chi connectivity index (χ0n) is 75.5. The number of carbonyl (C=O) groups excluding carboxylic acids is 2. The normalized spacial score (nSPS) is 17.2. The molecule has 17 aromatic heterocycles. The number of nitrogens with zero attached hydrogens (tertiary/aromatic N) is 33. The number of sulfonamides is 2. The van der Waals surface area contributed by atoms with Gasteiger partial charge in [-0.2, -0.15) is 60.8 Å². The Morgan fingerprint density at radius 2 is 0.819 bits per heavy atom. The molecule has 0 saturated carbocycles. The van der Waals surface area contributed by atoms with Crippen molar-refractivity contribution in [2.45, 2.75) is 56.8 Å². The van der Waals surface area contributed by atoms with E-state index < -0.39 is 57.1 Å². The van der Waals surface area contributed by atoms with Crippen molar-refractivity contribution < 1.29 is 89.6 Å². The molecule has 22 rings (SSSR count). The van der Waals surface area contributed by atoms with Crippen LogP contribution < -0.4 is 44.4 Å². The number of rotatable bonds is 23. The summed E-state index contributed by atoms with van der Waals surface area (Å²) in [4.78, 5) is 102. The van der Waals surface area contributed by atoms with E-state index in [1.807, 2.05) is 25.8 Å². The molecule has 5 aliphatic rings. The standard InChI is InChI=1S/C18H20N8O3.C16H13F3N8OS.C16H14F2N8OS.2C15H17F2N7O3S2/c1-11(27)24-3-5-25(6-4-24)18-22-8-14(29-2)16(23-18)13-7-21-15-9-20-12(17(19)28)10-26(13)15;17-16(18,19)12-8-27-10(5-21-13(27)6-20-12)14-24-15(29-25-14)26-1-2-28-11(7-26)9-3-22-23-4-9;17-14(18)10-7-26-11(5-20-13(26)6-19-10)15-23-16(28-24-15)25-1-2-27-12(8-25)9-3-21-22-4-9;2*1-29(25,26)20-4-9-7-23(2-3-27-9)15-21-14(22-28-15)11-5-19-12-6-18-10(13(16)17)8-24(11)12/h7-10H,3-6H2,1-2H3,(H2,19,28);3-6,8,11H,1-2,7H2,(H,22,23);3-7,12,14H,1-2,8H2,(H,21,22);2*5-6,8-9,13,20H,2-4,7H2,1H3/t;;;2*9-/m...11/s1. The van der Waals surface area contributed by atoms with E-state index in [0.29, 0.717) is 212 Å². The minimum atomic E-state index is -4.55. The van der Waals surface area contributed by atoms with E-state index in [1.165, 1.54) is 116 Å². The molecule has 0 bridgehead atoms. The fraction of sp³-hybridized carbons (Fsp3) is 0.375. The Morgan fingerprint density at radius 3 is 1.18 bits per heavy atom. The summed E-state index contributed by atoms with van der Waals surface area (Å²) in [6.45, 7) is 10.9. The number of halogens is 9. The Balaban J connectivity index is 0.000000118. The van der Waals surface area contributed by atoms with Crippen LogP contribution in [0.4, 0.5) is 66.0 Å². The molecule has 0 aromatic carbocycles. The van der Waals surface area contributed by atoms with Crippen molar-refractivity contribution in [1.82, 2.24) is 154 Å². The van der Waals surface area contributed by atoms with Crippen LogP contribution in [0.3, 0.4) is 0 Å². The van der Waals surface area contributed by atoms with Gasteiger partial charge in [0.15, 0.2) is 63.0 Å². The quantitative estimate of drug-likeness (QED) is 0.0406. The molecule has 0 aliphatic carbocycles. The topological polar surface area (TPSA) is 555 Å². The predicted octanol–water partition coefficient (Wildman–Crippen LogP) is 6.90. The maximum Gasteiger partial charge on any atom is 0.434 e. The van der Waals surface area contributed by atoms with E-state index in [2.05, 4.69) is 127 Å². The van der Waals surface area contributed by atoms with Crippen LogP contribution in [0, 0.1) is 0 Å². The molecule has 49 nitrogen and oxygen atoms in total. The molecule has 6 N–H and O–H groups in total. The zero-order valence-corrected chi connectivity index (χ0v) is 80.4. The number of nitrogens with two attached hydrogens (primary N) is 1. The highest BCUT2D eigenvalue weighted by atomic mass is 32.2. The lowest BCUT2D eigenvalue weighted by Crippen LogP contribution is -2.48. The van der Waals surface area contributed by atoms with Gasteiger partial charge in [-0.05, 0) is 0 Å². The van der Waals surface area contributed by atoms with Gasteiger partial charge in [0, 0.05) is 186 Å². The molecule has 4 atom stereocenters. The van der Waals surface area contributed by atoms with Crippen LogP contribution >= 0.6 is 46.1 Å². The van der Waals surface area contributed by atoms with Crippen LogP contribution in [0.2, 0.25) is 0 Å². The van der Waals surface area contributed by atoms with Gasteiger partial charge < -0.3 is 58.8 Å². The van der Waals surface area contributed by atoms with Gasteiger partial charge in [0.1, 0.15) is 63.5 Å². The van der Waals surface area contributed by atoms with E-state index in [-0.39, 0.29) is 71.8 Å². The number of ether oxygens (including phenoxy) is 5. The van der Waals surface area contributed by atoms with Gasteiger partial charge in [0.05, 0.1) is 158 Å². The van der Waals surface area contributed by atoms with Crippen LogP contribution in [0.15, 0.2) is 124 Å². The molecule has 5 saturated heterocycles. The number of carbonyl (C=O) groups is 2. The summed E-state index contributed by atoms with van der Waals surface area (Å²) in [5.74, 6) is 1.89. The Labute approximate surface area is 823 Å². The summed E-state index contributed by atoms with van der Waals surface area (Å²) in [5.41, 5.74) is 10.5. The molecule has 756 valence electrons. The van der Waals surface area contributed by atoms with Crippen molar-refractivity contribution in [2.24, 2.45) is 5.73 Å². The third-order valence-electron chi connectivity index (χ3n) is 22.5. The highest BCUT2D eigenvalue weighted by Crippen LogP contribution is 2.38. The van der Waals surface area contributed by atoms with Gasteiger partial charge in [-0.25, -0.2) is 112 Å². The number of hydrogen-bond donors (Lipinski definition) is 5. The lowest BCUT2D eigenvalue weighted by molar-refractivity contribution is -0.141. The van der Waals surface area contributed by atoms with Crippen molar-refractivity contribution >= 4 is 133 Å². The molecule has 5 fully saturated rings. The summed E-state index contributed by atoms with van der Waals surface area (Å²) in [5, 5.41) is 16.1. The Bertz CT molecular complexity index is 7440. The number of piperazine rings is 1. The largest absolute Gasteiger partial charge is 0.493 e. The summed E-state index contributed by atoms with van der Waals surface area (Å²) < 4.78 is 220. The first kappa shape index (κ1) is 99.7. The number of anilines is 5. The molecular formula is C80H81F9N38O11S6. The molecule has 0 radical (unpaired) electrons. The van der Waals surface area contributed by atoms with Crippen molar-refractivity contribution in [3.05, 3.63) is 164 Å². The SMILES string of the molecule is COc1cnc(N2CCN(C(C)=O)CC2)nc1-c1cnc2cnc(C(N)=O)cn12.CS(=O)(=O)NC[C@@H]1CN(c2nc(-c3cnc4cnc(C(F)F)cn34)ns2)CCO1.CS(=O)(=O)NC[C@@H]1CN(c2nc(-c3cnc4cnc(C(F)F)cn34)ns2)CCO1.FC(F)(F)c1cn2c(-c3nsc(N4CCOC(c5cn[nH]c5)C4)n3)cnc2cn1.FC(F)c1cn2c(-c3nsc(N4CCOC(c5cn[nH]c5)C4)n3)cnc2cn1. The molecule has 64 heteroatoms. The summed E-state index contributed by atoms with van der Waals surface area (Å²) in [7, 11) is -5.07. The van der Waals surface area contributed by atoms with Crippen LogP contribution in [0.5, 0.6) is 5.75 Å². The van der Waals surface area contributed by atoms with Gasteiger partial charge >= 0.3 is 6.18 Å². The predicted molar refractivity (Wildman–Crippen MR) is 500 cm³/mol. The lowest BCUT2D eigenvalue weighted by Gasteiger charge is -2.34. The second-order valence-corrected chi connectivity index (χ2v) is 38.7. The average molecular weight is 2110 g/mol. The van der Waals surface area contributed by atoms with E-state index in [1.54, 1.807) is 53.4 Å². The van der Waals surface area contributed by atoms with Gasteiger partial charge in [-0.15, -0.1) is 0 Å². The van der Waals surface area contributed by atoms with Gasteiger partial charge in [-0.3, -0.25) is 41.8 Å². The number of primary amides is 1. The first-order valence-corrected chi connectivity index (χ1v) is 50.1.